The molecule has 2 aromatic carbocycles. The van der Waals surface area contributed by atoms with Crippen molar-refractivity contribution in [1.29, 1.82) is 0 Å². The zero-order valence-electron chi connectivity index (χ0n) is 19.2. The van der Waals surface area contributed by atoms with Crippen LogP contribution in [-0.4, -0.2) is 46.4 Å². The van der Waals surface area contributed by atoms with E-state index in [9.17, 15) is 14.7 Å². The predicted molar refractivity (Wildman–Crippen MR) is 139 cm³/mol. The molecule has 0 spiro atoms. The van der Waals surface area contributed by atoms with Gasteiger partial charge in [0.05, 0.1) is 18.6 Å². The molecule has 34 heavy (non-hydrogen) atoms. The number of ether oxygens (including phenoxy) is 2. The molecule has 2 amide bonds. The van der Waals surface area contributed by atoms with Gasteiger partial charge in [0.1, 0.15) is 10.1 Å². The fourth-order valence-electron chi connectivity index (χ4n) is 3.37. The summed E-state index contributed by atoms with van der Waals surface area (Å²) in [6.07, 6.45) is 4.45. The van der Waals surface area contributed by atoms with E-state index in [1.807, 2.05) is 6.92 Å². The van der Waals surface area contributed by atoms with Gasteiger partial charge in [-0.25, -0.2) is 0 Å². The molecule has 2 N–H and O–H groups in total. The highest BCUT2D eigenvalue weighted by Crippen LogP contribution is 2.34. The fraction of sp³-hybridized carbons (Fsp3) is 0.320. The quantitative estimate of drug-likeness (QED) is 0.249. The minimum atomic E-state index is -0.127. The molecule has 0 aromatic heterocycles. The van der Waals surface area contributed by atoms with E-state index in [-0.39, 0.29) is 17.6 Å². The summed E-state index contributed by atoms with van der Waals surface area (Å²) in [4.78, 5) is 27.1. The fourth-order valence-corrected chi connectivity index (χ4v) is 4.67. The van der Waals surface area contributed by atoms with Gasteiger partial charge in [-0.15, -0.1) is 0 Å². The first-order valence-electron chi connectivity index (χ1n) is 11.1. The first-order valence-corrected chi connectivity index (χ1v) is 12.3. The highest BCUT2D eigenvalue weighted by atomic mass is 32.2. The number of thioether (sulfide) groups is 1. The molecule has 9 heteroatoms. The van der Waals surface area contributed by atoms with Crippen molar-refractivity contribution >= 4 is 51.9 Å². The number of anilines is 1. The molecule has 180 valence electrons. The third-order valence-electron chi connectivity index (χ3n) is 5.11. The zero-order valence-corrected chi connectivity index (χ0v) is 20.8. The molecular formula is C25H28N2O5S2. The van der Waals surface area contributed by atoms with Gasteiger partial charge in [-0.1, -0.05) is 36.5 Å². The third-order valence-corrected chi connectivity index (χ3v) is 6.49. The van der Waals surface area contributed by atoms with Crippen LogP contribution in [0.3, 0.4) is 0 Å². The summed E-state index contributed by atoms with van der Waals surface area (Å²) in [6.45, 7) is 2.79. The molecule has 1 heterocycles. The average Bonchev–Trinajstić information content (AvgIpc) is 3.09. The second-order valence-electron chi connectivity index (χ2n) is 7.58. The van der Waals surface area contributed by atoms with Crippen molar-refractivity contribution in [3.8, 4) is 17.2 Å². The van der Waals surface area contributed by atoms with Gasteiger partial charge in [-0.3, -0.25) is 14.5 Å². The Kier molecular flexibility index (Phi) is 9.35. The number of carbonyl (C=O) groups excluding carboxylic acids is 2. The number of hydrogen-bond acceptors (Lipinski definition) is 7. The highest BCUT2D eigenvalue weighted by molar-refractivity contribution is 8.26. The van der Waals surface area contributed by atoms with Crippen LogP contribution in [0.1, 0.15) is 38.2 Å². The van der Waals surface area contributed by atoms with E-state index in [1.165, 1.54) is 11.8 Å². The maximum absolute atomic E-state index is 12.8. The maximum atomic E-state index is 12.8. The Hall–Kier alpha value is -3.04. The summed E-state index contributed by atoms with van der Waals surface area (Å²) in [5, 5.41) is 12.7. The number of unbranched alkanes of at least 4 members (excludes halogenated alkanes) is 2. The highest BCUT2D eigenvalue weighted by Gasteiger charge is 2.31. The van der Waals surface area contributed by atoms with Gasteiger partial charge < -0.3 is 19.9 Å². The van der Waals surface area contributed by atoms with Gasteiger partial charge in [-0.2, -0.15) is 0 Å². The number of nitrogens with one attached hydrogen (secondary N) is 1. The van der Waals surface area contributed by atoms with Crippen molar-refractivity contribution in [2.24, 2.45) is 0 Å². The van der Waals surface area contributed by atoms with E-state index in [4.69, 9.17) is 21.7 Å². The molecule has 1 saturated heterocycles. The van der Waals surface area contributed by atoms with Crippen molar-refractivity contribution in [3.63, 3.8) is 0 Å². The van der Waals surface area contributed by atoms with Crippen molar-refractivity contribution < 1.29 is 24.2 Å². The van der Waals surface area contributed by atoms with Crippen LogP contribution in [0.5, 0.6) is 17.2 Å². The lowest BCUT2D eigenvalue weighted by molar-refractivity contribution is -0.122. The van der Waals surface area contributed by atoms with Crippen molar-refractivity contribution in [3.05, 3.63) is 52.9 Å². The number of phenolic OH excluding ortho intramolecular Hbond substituents is 1. The Morgan fingerprint density at radius 2 is 1.94 bits per heavy atom. The van der Waals surface area contributed by atoms with E-state index in [2.05, 4.69) is 5.32 Å². The topological polar surface area (TPSA) is 88.1 Å². The van der Waals surface area contributed by atoms with E-state index in [0.29, 0.717) is 34.5 Å². The second-order valence-corrected chi connectivity index (χ2v) is 9.26. The van der Waals surface area contributed by atoms with E-state index in [0.717, 1.165) is 36.3 Å². The van der Waals surface area contributed by atoms with Gasteiger partial charge >= 0.3 is 0 Å². The molecule has 3 rings (SSSR count). The Labute approximate surface area is 209 Å². The summed E-state index contributed by atoms with van der Waals surface area (Å²) in [6, 6.07) is 12.2. The van der Waals surface area contributed by atoms with Crippen LogP contribution in [-0.2, 0) is 9.59 Å². The van der Waals surface area contributed by atoms with Gasteiger partial charge in [0.15, 0.2) is 11.5 Å². The number of thiocarbonyl (C=S) groups is 1. The summed E-state index contributed by atoms with van der Waals surface area (Å²) >= 11 is 6.66. The van der Waals surface area contributed by atoms with Crippen LogP contribution >= 0.6 is 24.0 Å². The summed E-state index contributed by atoms with van der Waals surface area (Å²) in [5.74, 6) is 1.01. The smallest absolute Gasteiger partial charge is 0.266 e. The number of hydrogen-bond donors (Lipinski definition) is 2. The number of rotatable bonds is 11. The first-order chi connectivity index (χ1) is 16.4. The predicted octanol–water partition coefficient (Wildman–Crippen LogP) is 5.20. The van der Waals surface area contributed by atoms with Crippen LogP contribution in [0.4, 0.5) is 5.69 Å². The Morgan fingerprint density at radius 3 is 2.65 bits per heavy atom. The lowest BCUT2D eigenvalue weighted by Crippen LogP contribution is -2.29. The van der Waals surface area contributed by atoms with Crippen molar-refractivity contribution in [2.75, 3.05) is 25.6 Å². The number of nitrogens with zero attached hydrogens (tertiary/aromatic N) is 1. The van der Waals surface area contributed by atoms with Crippen LogP contribution in [0.15, 0.2) is 47.4 Å². The number of benzene rings is 2. The number of phenols is 1. The SMILES string of the molecule is CCOc1cc(/C=C2\SC(=S)N(CCCCCC(=O)Nc3ccc(OC)cc3)C2=O)ccc1O. The van der Waals surface area contributed by atoms with E-state index in [1.54, 1.807) is 60.6 Å². The Balaban J connectivity index is 1.44. The molecule has 0 unspecified atom stereocenters. The van der Waals surface area contributed by atoms with Crippen molar-refractivity contribution in [1.82, 2.24) is 4.90 Å². The van der Waals surface area contributed by atoms with E-state index < -0.39 is 0 Å². The molecule has 0 bridgehead atoms. The maximum Gasteiger partial charge on any atom is 0.266 e. The lowest BCUT2D eigenvalue weighted by atomic mass is 10.1. The summed E-state index contributed by atoms with van der Waals surface area (Å²) in [7, 11) is 1.60. The molecule has 0 atom stereocenters. The molecular weight excluding hydrogens is 472 g/mol. The average molecular weight is 501 g/mol. The van der Waals surface area contributed by atoms with Crippen LogP contribution < -0.4 is 14.8 Å². The Morgan fingerprint density at radius 1 is 1.18 bits per heavy atom. The molecule has 0 aliphatic carbocycles. The number of amides is 2. The monoisotopic (exact) mass is 500 g/mol. The molecule has 1 fully saturated rings. The van der Waals surface area contributed by atoms with E-state index >= 15 is 0 Å². The Bertz CT molecular complexity index is 1070. The zero-order chi connectivity index (χ0) is 24.5. The summed E-state index contributed by atoms with van der Waals surface area (Å²) < 4.78 is 11.0. The standard InChI is InChI=1S/C25H28N2O5S2/c1-3-32-21-15-17(8-13-20(21)28)16-22-24(30)27(25(33)34-22)14-6-4-5-7-23(29)26-18-9-11-19(31-2)12-10-18/h8-13,15-16,28H,3-7,14H2,1-2H3,(H,26,29)/b22-16-. The first kappa shape index (κ1) is 25.6. The van der Waals surface area contributed by atoms with Gasteiger partial charge in [0.25, 0.3) is 5.91 Å². The summed E-state index contributed by atoms with van der Waals surface area (Å²) in [5.41, 5.74) is 1.49. The number of aromatic hydroxyl groups is 1. The number of methoxy groups -OCH3 is 1. The molecule has 1 aliphatic heterocycles. The molecule has 1 aliphatic rings. The lowest BCUT2D eigenvalue weighted by Gasteiger charge is -2.14. The molecule has 0 saturated carbocycles. The minimum absolute atomic E-state index is 0.0426. The van der Waals surface area contributed by atoms with Crippen molar-refractivity contribution in [2.45, 2.75) is 32.6 Å². The molecule has 2 aromatic rings. The van der Waals surface area contributed by atoms with Gasteiger partial charge in [0, 0.05) is 18.7 Å². The minimum Gasteiger partial charge on any atom is -0.504 e. The van der Waals surface area contributed by atoms with Crippen LogP contribution in [0.25, 0.3) is 6.08 Å². The largest absolute Gasteiger partial charge is 0.504 e. The molecule has 0 radical (unpaired) electrons. The van der Waals surface area contributed by atoms with Gasteiger partial charge in [-0.05, 0) is 67.8 Å². The number of carbonyl (C=O) groups is 2. The van der Waals surface area contributed by atoms with Crippen LogP contribution in [0.2, 0.25) is 0 Å². The second kappa shape index (κ2) is 12.4. The molecule has 7 nitrogen and oxygen atoms in total. The third kappa shape index (κ3) is 6.98. The van der Waals surface area contributed by atoms with Gasteiger partial charge in [0.2, 0.25) is 5.91 Å². The van der Waals surface area contributed by atoms with Crippen LogP contribution in [0, 0.1) is 0 Å². The normalized spacial score (nSPS) is 14.5.